The van der Waals surface area contributed by atoms with E-state index in [1.807, 2.05) is 24.3 Å². The standard InChI is InChI=1S/C12H8ClIN2O/c13-8-1-6-11(15-7-8)12(17)16-10-4-2-9(14)3-5-10/h1-7H,(H,16,17). The number of aromatic nitrogens is 1. The molecular weight excluding hydrogens is 351 g/mol. The largest absolute Gasteiger partial charge is 0.321 e. The quantitative estimate of drug-likeness (QED) is 0.834. The molecule has 0 fully saturated rings. The Labute approximate surface area is 117 Å². The van der Waals surface area contributed by atoms with Crippen LogP contribution in [0.1, 0.15) is 10.5 Å². The van der Waals surface area contributed by atoms with Crippen LogP contribution in [-0.2, 0) is 0 Å². The summed E-state index contributed by atoms with van der Waals surface area (Å²) in [6.45, 7) is 0. The van der Waals surface area contributed by atoms with E-state index in [2.05, 4.69) is 32.9 Å². The fourth-order valence-electron chi connectivity index (χ4n) is 1.24. The molecule has 2 rings (SSSR count). The van der Waals surface area contributed by atoms with Gasteiger partial charge in [0.05, 0.1) is 5.02 Å². The summed E-state index contributed by atoms with van der Waals surface area (Å²) in [5.41, 5.74) is 1.08. The number of benzene rings is 1. The molecule has 86 valence electrons. The molecule has 0 atom stereocenters. The van der Waals surface area contributed by atoms with Gasteiger partial charge < -0.3 is 5.32 Å². The maximum absolute atomic E-state index is 11.8. The van der Waals surface area contributed by atoms with Crippen LogP contribution in [0.4, 0.5) is 5.69 Å². The molecule has 1 N–H and O–H groups in total. The number of hydrogen-bond acceptors (Lipinski definition) is 2. The number of halogens is 2. The molecule has 17 heavy (non-hydrogen) atoms. The lowest BCUT2D eigenvalue weighted by molar-refractivity contribution is 0.102. The topological polar surface area (TPSA) is 42.0 Å². The molecule has 0 aliphatic carbocycles. The predicted molar refractivity (Wildman–Crippen MR) is 76.4 cm³/mol. The lowest BCUT2D eigenvalue weighted by Gasteiger charge is -2.04. The molecule has 0 aliphatic heterocycles. The van der Waals surface area contributed by atoms with Crippen molar-refractivity contribution in [3.8, 4) is 0 Å². The monoisotopic (exact) mass is 358 g/mol. The summed E-state index contributed by atoms with van der Waals surface area (Å²) in [7, 11) is 0. The highest BCUT2D eigenvalue weighted by Gasteiger charge is 2.06. The zero-order valence-electron chi connectivity index (χ0n) is 8.65. The summed E-state index contributed by atoms with van der Waals surface area (Å²) in [4.78, 5) is 15.7. The number of nitrogens with one attached hydrogen (secondary N) is 1. The van der Waals surface area contributed by atoms with Gasteiger partial charge in [-0.1, -0.05) is 11.6 Å². The Morgan fingerprint density at radius 3 is 2.47 bits per heavy atom. The third kappa shape index (κ3) is 3.41. The second-order valence-corrected chi connectivity index (χ2v) is 5.00. The molecule has 0 radical (unpaired) electrons. The Morgan fingerprint density at radius 1 is 1.18 bits per heavy atom. The number of rotatable bonds is 2. The number of amides is 1. The van der Waals surface area contributed by atoms with Crippen LogP contribution in [-0.4, -0.2) is 10.9 Å². The Balaban J connectivity index is 2.11. The molecular formula is C12H8ClIN2O. The predicted octanol–water partition coefficient (Wildman–Crippen LogP) is 3.59. The van der Waals surface area contributed by atoms with E-state index in [0.29, 0.717) is 10.7 Å². The highest BCUT2D eigenvalue weighted by Crippen LogP contribution is 2.12. The van der Waals surface area contributed by atoms with Crippen LogP contribution in [0.2, 0.25) is 5.02 Å². The summed E-state index contributed by atoms with van der Waals surface area (Å²) in [6.07, 6.45) is 1.45. The van der Waals surface area contributed by atoms with E-state index in [1.54, 1.807) is 12.1 Å². The van der Waals surface area contributed by atoms with Gasteiger partial charge in [-0.25, -0.2) is 4.98 Å². The van der Waals surface area contributed by atoms with E-state index in [4.69, 9.17) is 11.6 Å². The minimum absolute atomic E-state index is 0.247. The molecule has 5 heteroatoms. The van der Waals surface area contributed by atoms with E-state index in [1.165, 1.54) is 6.20 Å². The average molecular weight is 359 g/mol. The van der Waals surface area contributed by atoms with Crippen molar-refractivity contribution in [2.24, 2.45) is 0 Å². The minimum atomic E-state index is -0.247. The summed E-state index contributed by atoms with van der Waals surface area (Å²) < 4.78 is 1.12. The smallest absolute Gasteiger partial charge is 0.274 e. The highest BCUT2D eigenvalue weighted by molar-refractivity contribution is 14.1. The van der Waals surface area contributed by atoms with Gasteiger partial charge >= 0.3 is 0 Å². The van der Waals surface area contributed by atoms with Crippen LogP contribution in [0.25, 0.3) is 0 Å². The van der Waals surface area contributed by atoms with Crippen LogP contribution < -0.4 is 5.32 Å². The van der Waals surface area contributed by atoms with Crippen molar-refractivity contribution in [3.05, 3.63) is 56.9 Å². The van der Waals surface area contributed by atoms with E-state index < -0.39 is 0 Å². The van der Waals surface area contributed by atoms with Gasteiger partial charge in [-0.15, -0.1) is 0 Å². The molecule has 1 heterocycles. The molecule has 1 amide bonds. The van der Waals surface area contributed by atoms with Crippen molar-refractivity contribution >= 4 is 45.8 Å². The van der Waals surface area contributed by atoms with Gasteiger partial charge in [0.2, 0.25) is 0 Å². The summed E-state index contributed by atoms with van der Waals surface area (Å²) in [6, 6.07) is 10.8. The first-order chi connectivity index (χ1) is 8.15. The summed E-state index contributed by atoms with van der Waals surface area (Å²) in [5, 5.41) is 3.27. The van der Waals surface area contributed by atoms with Crippen LogP contribution in [0, 0.1) is 3.57 Å². The Bertz CT molecular complexity index is 525. The van der Waals surface area contributed by atoms with Crippen LogP contribution in [0.15, 0.2) is 42.6 Å². The highest BCUT2D eigenvalue weighted by atomic mass is 127. The van der Waals surface area contributed by atoms with Crippen molar-refractivity contribution < 1.29 is 4.79 Å². The lowest BCUT2D eigenvalue weighted by Crippen LogP contribution is -2.13. The van der Waals surface area contributed by atoms with Crippen molar-refractivity contribution in [1.82, 2.24) is 4.98 Å². The first-order valence-corrected chi connectivity index (χ1v) is 6.29. The van der Waals surface area contributed by atoms with Crippen LogP contribution in [0.3, 0.4) is 0 Å². The maximum Gasteiger partial charge on any atom is 0.274 e. The molecule has 0 saturated heterocycles. The molecule has 1 aromatic heterocycles. The fraction of sp³-hybridized carbons (Fsp3) is 0. The van der Waals surface area contributed by atoms with Gasteiger partial charge in [-0.2, -0.15) is 0 Å². The first kappa shape index (κ1) is 12.3. The van der Waals surface area contributed by atoms with Crippen molar-refractivity contribution in [1.29, 1.82) is 0 Å². The third-order valence-electron chi connectivity index (χ3n) is 2.06. The van der Waals surface area contributed by atoms with Crippen molar-refractivity contribution in [2.75, 3.05) is 5.32 Å². The second kappa shape index (κ2) is 5.46. The van der Waals surface area contributed by atoms with Crippen LogP contribution >= 0.6 is 34.2 Å². The normalized spacial score (nSPS) is 10.0. The average Bonchev–Trinajstić information content (AvgIpc) is 2.33. The number of hydrogen-bond donors (Lipinski definition) is 1. The van der Waals surface area contributed by atoms with Gasteiger partial charge in [0, 0.05) is 15.5 Å². The molecule has 0 aliphatic rings. The Hall–Kier alpha value is -1.14. The first-order valence-electron chi connectivity index (χ1n) is 4.83. The third-order valence-corrected chi connectivity index (χ3v) is 3.00. The number of carbonyl (C=O) groups is 1. The van der Waals surface area contributed by atoms with Crippen molar-refractivity contribution in [2.45, 2.75) is 0 Å². The van der Waals surface area contributed by atoms with Gasteiger partial charge in [-0.3, -0.25) is 4.79 Å². The second-order valence-electron chi connectivity index (χ2n) is 3.32. The molecule has 0 saturated carbocycles. The Kier molecular flexibility index (Phi) is 3.96. The number of anilines is 1. The van der Waals surface area contributed by atoms with E-state index >= 15 is 0 Å². The van der Waals surface area contributed by atoms with Gasteiger partial charge in [0.15, 0.2) is 0 Å². The zero-order chi connectivity index (χ0) is 12.3. The fourth-order valence-corrected chi connectivity index (χ4v) is 1.71. The van der Waals surface area contributed by atoms with E-state index in [9.17, 15) is 4.79 Å². The lowest BCUT2D eigenvalue weighted by atomic mass is 10.3. The SMILES string of the molecule is O=C(Nc1ccc(I)cc1)c1ccc(Cl)cn1. The minimum Gasteiger partial charge on any atom is -0.321 e. The summed E-state index contributed by atoms with van der Waals surface area (Å²) in [5.74, 6) is -0.247. The molecule has 3 nitrogen and oxygen atoms in total. The van der Waals surface area contributed by atoms with E-state index in [0.717, 1.165) is 9.26 Å². The number of nitrogens with zero attached hydrogens (tertiary/aromatic N) is 1. The van der Waals surface area contributed by atoms with Gasteiger partial charge in [0.1, 0.15) is 5.69 Å². The number of pyridine rings is 1. The van der Waals surface area contributed by atoms with Crippen molar-refractivity contribution in [3.63, 3.8) is 0 Å². The van der Waals surface area contributed by atoms with E-state index in [-0.39, 0.29) is 5.91 Å². The zero-order valence-corrected chi connectivity index (χ0v) is 11.6. The molecule has 2 aromatic rings. The molecule has 0 unspecified atom stereocenters. The molecule has 0 spiro atoms. The van der Waals surface area contributed by atoms with Gasteiger partial charge in [-0.05, 0) is 59.0 Å². The maximum atomic E-state index is 11.8. The summed E-state index contributed by atoms with van der Waals surface area (Å²) >= 11 is 7.90. The Morgan fingerprint density at radius 2 is 1.88 bits per heavy atom. The van der Waals surface area contributed by atoms with Crippen LogP contribution in [0.5, 0.6) is 0 Å². The van der Waals surface area contributed by atoms with Gasteiger partial charge in [0.25, 0.3) is 5.91 Å². The molecule has 0 bridgehead atoms. The number of carbonyl (C=O) groups excluding carboxylic acids is 1. The molecule has 1 aromatic carbocycles.